The zero-order valence-corrected chi connectivity index (χ0v) is 11.1. The maximum atomic E-state index is 11.9. The highest BCUT2D eigenvalue weighted by Gasteiger charge is 2.17. The zero-order chi connectivity index (χ0) is 13.3. The number of amides is 1. The van der Waals surface area contributed by atoms with E-state index in [9.17, 15) is 4.79 Å². The maximum absolute atomic E-state index is 11.9. The van der Waals surface area contributed by atoms with Gasteiger partial charge in [-0.3, -0.25) is 4.79 Å². The van der Waals surface area contributed by atoms with Crippen LogP contribution in [0.2, 0.25) is 0 Å². The van der Waals surface area contributed by atoms with E-state index in [1.165, 1.54) is 6.42 Å². The lowest BCUT2D eigenvalue weighted by atomic mass is 10.1. The average Bonchev–Trinajstić information content (AvgIpc) is 3.08. The summed E-state index contributed by atoms with van der Waals surface area (Å²) in [6.45, 7) is 1.85. The molecule has 100 valence electrons. The van der Waals surface area contributed by atoms with E-state index in [-0.39, 0.29) is 5.91 Å². The SMILES string of the molecule is O=C(c1ccccc1)N1CCCCC1.c1cc[nH]c1. The number of likely N-dealkylation sites (tertiary alicyclic amines) is 1. The summed E-state index contributed by atoms with van der Waals surface area (Å²) in [5.74, 6) is 0.185. The minimum atomic E-state index is 0.185. The van der Waals surface area contributed by atoms with Crippen molar-refractivity contribution in [1.29, 1.82) is 0 Å². The van der Waals surface area contributed by atoms with E-state index in [1.54, 1.807) is 0 Å². The number of hydrogen-bond acceptors (Lipinski definition) is 1. The molecule has 0 bridgehead atoms. The van der Waals surface area contributed by atoms with E-state index in [4.69, 9.17) is 0 Å². The summed E-state index contributed by atoms with van der Waals surface area (Å²) in [6.07, 6.45) is 7.32. The Labute approximate surface area is 114 Å². The van der Waals surface area contributed by atoms with Crippen molar-refractivity contribution in [2.24, 2.45) is 0 Å². The minimum Gasteiger partial charge on any atom is -0.368 e. The van der Waals surface area contributed by atoms with Crippen molar-refractivity contribution < 1.29 is 4.79 Å². The Bertz CT molecular complexity index is 442. The number of piperidine rings is 1. The van der Waals surface area contributed by atoms with E-state index >= 15 is 0 Å². The van der Waals surface area contributed by atoms with Crippen LogP contribution in [-0.2, 0) is 0 Å². The van der Waals surface area contributed by atoms with Gasteiger partial charge in [0.2, 0.25) is 0 Å². The van der Waals surface area contributed by atoms with Crippen molar-refractivity contribution in [2.45, 2.75) is 19.3 Å². The van der Waals surface area contributed by atoms with Crippen molar-refractivity contribution in [2.75, 3.05) is 13.1 Å². The number of nitrogens with zero attached hydrogens (tertiary/aromatic N) is 1. The number of H-pyrrole nitrogens is 1. The van der Waals surface area contributed by atoms with Gasteiger partial charge in [0.15, 0.2) is 0 Å². The minimum absolute atomic E-state index is 0.185. The lowest BCUT2D eigenvalue weighted by Gasteiger charge is -2.26. The number of carbonyl (C=O) groups is 1. The normalized spacial score (nSPS) is 14.4. The predicted molar refractivity (Wildman–Crippen MR) is 77.0 cm³/mol. The van der Waals surface area contributed by atoms with E-state index < -0.39 is 0 Å². The third-order valence-electron chi connectivity index (χ3n) is 3.16. The highest BCUT2D eigenvalue weighted by atomic mass is 16.2. The molecule has 0 radical (unpaired) electrons. The monoisotopic (exact) mass is 256 g/mol. The summed E-state index contributed by atoms with van der Waals surface area (Å²) < 4.78 is 0. The topological polar surface area (TPSA) is 36.1 Å². The van der Waals surface area contributed by atoms with Gasteiger partial charge in [-0.25, -0.2) is 0 Å². The third-order valence-corrected chi connectivity index (χ3v) is 3.16. The summed E-state index contributed by atoms with van der Waals surface area (Å²) in [7, 11) is 0. The van der Waals surface area contributed by atoms with Crippen molar-refractivity contribution in [3.8, 4) is 0 Å². The standard InChI is InChI=1S/C12H15NO.C4H5N/c14-12(11-7-3-1-4-8-11)13-9-5-2-6-10-13;1-2-4-5-3-1/h1,3-4,7-8H,2,5-6,9-10H2;1-5H. The third kappa shape index (κ3) is 4.28. The van der Waals surface area contributed by atoms with Crippen LogP contribution >= 0.6 is 0 Å². The molecule has 0 aliphatic carbocycles. The number of aromatic amines is 1. The molecule has 1 N–H and O–H groups in total. The summed E-state index contributed by atoms with van der Waals surface area (Å²) in [5, 5.41) is 0. The molecule has 0 unspecified atom stereocenters. The van der Waals surface area contributed by atoms with Gasteiger partial charge in [-0.15, -0.1) is 0 Å². The quantitative estimate of drug-likeness (QED) is 0.834. The second kappa shape index (κ2) is 7.41. The maximum Gasteiger partial charge on any atom is 0.253 e. The molecule has 1 amide bonds. The number of nitrogens with one attached hydrogen (secondary N) is 1. The largest absolute Gasteiger partial charge is 0.368 e. The Morgan fingerprint density at radius 2 is 1.53 bits per heavy atom. The fraction of sp³-hybridized carbons (Fsp3) is 0.312. The molecule has 3 nitrogen and oxygen atoms in total. The molecule has 1 saturated heterocycles. The van der Waals surface area contributed by atoms with Crippen LogP contribution in [0.25, 0.3) is 0 Å². The van der Waals surface area contributed by atoms with Crippen LogP contribution < -0.4 is 0 Å². The van der Waals surface area contributed by atoms with Gasteiger partial charge in [0.1, 0.15) is 0 Å². The first kappa shape index (κ1) is 13.4. The molecule has 1 aromatic heterocycles. The summed E-state index contributed by atoms with van der Waals surface area (Å²) in [6, 6.07) is 13.4. The number of hydrogen-bond donors (Lipinski definition) is 1. The van der Waals surface area contributed by atoms with Crippen molar-refractivity contribution in [3.05, 3.63) is 60.4 Å². The zero-order valence-electron chi connectivity index (χ0n) is 11.1. The van der Waals surface area contributed by atoms with Crippen LogP contribution in [0.5, 0.6) is 0 Å². The molecular weight excluding hydrogens is 236 g/mol. The Balaban J connectivity index is 0.000000224. The first-order valence-electron chi connectivity index (χ1n) is 6.80. The van der Waals surface area contributed by atoms with Crippen molar-refractivity contribution in [1.82, 2.24) is 9.88 Å². The van der Waals surface area contributed by atoms with Crippen LogP contribution in [0.3, 0.4) is 0 Å². The van der Waals surface area contributed by atoms with Crippen LogP contribution in [0.1, 0.15) is 29.6 Å². The van der Waals surface area contributed by atoms with Crippen LogP contribution in [0.15, 0.2) is 54.9 Å². The molecule has 1 fully saturated rings. The second-order valence-corrected chi connectivity index (χ2v) is 4.60. The lowest BCUT2D eigenvalue weighted by Crippen LogP contribution is -2.35. The summed E-state index contributed by atoms with van der Waals surface area (Å²) in [4.78, 5) is 16.7. The molecule has 1 aromatic carbocycles. The van der Waals surface area contributed by atoms with Gasteiger partial charge < -0.3 is 9.88 Å². The van der Waals surface area contributed by atoms with Gasteiger partial charge in [-0.2, -0.15) is 0 Å². The van der Waals surface area contributed by atoms with Gasteiger partial charge in [-0.1, -0.05) is 18.2 Å². The Morgan fingerprint density at radius 1 is 0.895 bits per heavy atom. The van der Waals surface area contributed by atoms with Crippen LogP contribution in [0, 0.1) is 0 Å². The second-order valence-electron chi connectivity index (χ2n) is 4.60. The van der Waals surface area contributed by atoms with E-state index in [0.29, 0.717) is 0 Å². The molecule has 3 rings (SSSR count). The smallest absolute Gasteiger partial charge is 0.253 e. The molecule has 3 heteroatoms. The van der Waals surface area contributed by atoms with Gasteiger partial charge in [0, 0.05) is 31.0 Å². The van der Waals surface area contributed by atoms with E-state index in [0.717, 1.165) is 31.5 Å². The number of rotatable bonds is 1. The molecule has 0 atom stereocenters. The van der Waals surface area contributed by atoms with E-state index in [2.05, 4.69) is 4.98 Å². The lowest BCUT2D eigenvalue weighted by molar-refractivity contribution is 0.0724. The van der Waals surface area contributed by atoms with Gasteiger partial charge >= 0.3 is 0 Å². The van der Waals surface area contributed by atoms with E-state index in [1.807, 2.05) is 59.8 Å². The van der Waals surface area contributed by atoms with Gasteiger partial charge in [-0.05, 0) is 43.5 Å². The first-order valence-corrected chi connectivity index (χ1v) is 6.80. The van der Waals surface area contributed by atoms with Gasteiger partial charge in [0.25, 0.3) is 5.91 Å². The van der Waals surface area contributed by atoms with Gasteiger partial charge in [0.05, 0.1) is 0 Å². The fourth-order valence-corrected chi connectivity index (χ4v) is 2.14. The molecule has 1 aliphatic rings. The average molecular weight is 256 g/mol. The van der Waals surface area contributed by atoms with Crippen LogP contribution in [-0.4, -0.2) is 28.9 Å². The molecule has 1 aliphatic heterocycles. The number of carbonyl (C=O) groups excluding carboxylic acids is 1. The molecular formula is C16H20N2O. The fourth-order valence-electron chi connectivity index (χ4n) is 2.14. The van der Waals surface area contributed by atoms with Crippen molar-refractivity contribution in [3.63, 3.8) is 0 Å². The molecule has 2 aromatic rings. The Morgan fingerprint density at radius 3 is 2.05 bits per heavy atom. The Hall–Kier alpha value is -2.03. The summed E-state index contributed by atoms with van der Waals surface area (Å²) in [5.41, 5.74) is 0.814. The first-order chi connectivity index (χ1) is 9.38. The van der Waals surface area contributed by atoms with Crippen LogP contribution in [0.4, 0.5) is 0 Å². The Kier molecular flexibility index (Phi) is 5.23. The highest BCUT2D eigenvalue weighted by Crippen LogP contribution is 2.12. The molecule has 0 saturated carbocycles. The number of aromatic nitrogens is 1. The predicted octanol–water partition coefficient (Wildman–Crippen LogP) is 3.33. The number of benzene rings is 1. The highest BCUT2D eigenvalue weighted by molar-refractivity contribution is 5.94. The molecule has 0 spiro atoms. The summed E-state index contributed by atoms with van der Waals surface area (Å²) >= 11 is 0. The molecule has 2 heterocycles. The van der Waals surface area contributed by atoms with Crippen molar-refractivity contribution >= 4 is 5.91 Å². The molecule has 19 heavy (non-hydrogen) atoms.